The van der Waals surface area contributed by atoms with Gasteiger partial charge in [-0.3, -0.25) is 0 Å². The predicted molar refractivity (Wildman–Crippen MR) is 71.8 cm³/mol. The average molecular weight is 258 g/mol. The van der Waals surface area contributed by atoms with E-state index in [2.05, 4.69) is 10.1 Å². The summed E-state index contributed by atoms with van der Waals surface area (Å²) in [5.41, 5.74) is 2.14. The molecule has 0 unspecified atom stereocenters. The van der Waals surface area contributed by atoms with Crippen molar-refractivity contribution in [2.24, 2.45) is 0 Å². The van der Waals surface area contributed by atoms with Crippen molar-refractivity contribution in [3.05, 3.63) is 65.1 Å². The molecule has 0 spiro atoms. The number of hydrogen-bond acceptors (Lipinski definition) is 2. The largest absolute Gasteiger partial charge is 0.221 e. The van der Waals surface area contributed by atoms with Gasteiger partial charge in [0.2, 0.25) is 0 Å². The number of fused-ring (bicyclic) bond motifs is 1. The number of aromatic nitrogens is 3. The second kappa shape index (κ2) is 4.78. The zero-order chi connectivity index (χ0) is 12.4. The second-order valence-electron chi connectivity index (χ2n) is 4.16. The first-order valence-electron chi connectivity index (χ1n) is 5.86. The molecule has 0 aliphatic carbocycles. The Kier molecular flexibility index (Phi) is 2.99. The number of benzene rings is 1. The Morgan fingerprint density at radius 3 is 2.61 bits per heavy atom. The number of halogens is 1. The van der Waals surface area contributed by atoms with Crippen LogP contribution < -0.4 is 0 Å². The monoisotopic (exact) mass is 257 g/mol. The minimum absolute atomic E-state index is 0.768. The summed E-state index contributed by atoms with van der Waals surface area (Å²) in [6, 6.07) is 13.8. The first kappa shape index (κ1) is 11.2. The molecule has 3 aromatic rings. The van der Waals surface area contributed by atoms with E-state index in [4.69, 9.17) is 11.6 Å². The Morgan fingerprint density at radius 1 is 1.00 bits per heavy atom. The molecule has 0 radical (unpaired) electrons. The summed E-state index contributed by atoms with van der Waals surface area (Å²) in [4.78, 5) is 4.47. The second-order valence-corrected chi connectivity index (χ2v) is 4.59. The molecular formula is C14H12ClN3. The van der Waals surface area contributed by atoms with Gasteiger partial charge < -0.3 is 0 Å². The van der Waals surface area contributed by atoms with Crippen LogP contribution in [0, 0.1) is 0 Å². The highest BCUT2D eigenvalue weighted by atomic mass is 35.5. The molecule has 0 N–H and O–H groups in total. The van der Waals surface area contributed by atoms with Crippen molar-refractivity contribution in [2.45, 2.75) is 12.8 Å². The highest BCUT2D eigenvalue weighted by Crippen LogP contribution is 2.11. The van der Waals surface area contributed by atoms with Crippen molar-refractivity contribution in [1.82, 2.24) is 14.6 Å². The molecule has 2 aromatic heterocycles. The summed E-state index contributed by atoms with van der Waals surface area (Å²) in [7, 11) is 0. The number of aryl methyl sites for hydroxylation is 2. The fourth-order valence-electron chi connectivity index (χ4n) is 1.89. The molecule has 1 aromatic carbocycles. The topological polar surface area (TPSA) is 30.2 Å². The molecule has 2 heterocycles. The number of rotatable bonds is 3. The van der Waals surface area contributed by atoms with Crippen LogP contribution >= 0.6 is 11.6 Å². The van der Waals surface area contributed by atoms with Crippen molar-refractivity contribution in [3.8, 4) is 0 Å². The van der Waals surface area contributed by atoms with E-state index in [0.29, 0.717) is 0 Å². The number of hydrogen-bond donors (Lipinski definition) is 0. The van der Waals surface area contributed by atoms with E-state index < -0.39 is 0 Å². The van der Waals surface area contributed by atoms with E-state index >= 15 is 0 Å². The standard InChI is InChI=1S/C14H12ClN3/c15-12-7-4-11(5-8-12)6-9-13-16-14-3-1-2-10-18(14)17-13/h1-5,7-8,10H,6,9H2. The van der Waals surface area contributed by atoms with Crippen molar-refractivity contribution >= 4 is 17.2 Å². The van der Waals surface area contributed by atoms with E-state index in [1.54, 1.807) is 4.52 Å². The van der Waals surface area contributed by atoms with Crippen LogP contribution in [0.15, 0.2) is 48.7 Å². The van der Waals surface area contributed by atoms with E-state index in [1.165, 1.54) is 5.56 Å². The minimum Gasteiger partial charge on any atom is -0.221 e. The van der Waals surface area contributed by atoms with Gasteiger partial charge in [0.1, 0.15) is 0 Å². The normalized spacial score (nSPS) is 10.9. The molecule has 0 bridgehead atoms. The van der Waals surface area contributed by atoms with Gasteiger partial charge in [0.05, 0.1) is 0 Å². The van der Waals surface area contributed by atoms with Crippen molar-refractivity contribution in [1.29, 1.82) is 0 Å². The Labute approximate surface area is 110 Å². The molecule has 90 valence electrons. The summed E-state index contributed by atoms with van der Waals surface area (Å²) in [6.45, 7) is 0. The molecule has 0 saturated heterocycles. The number of nitrogens with zero attached hydrogens (tertiary/aromatic N) is 3. The van der Waals surface area contributed by atoms with Gasteiger partial charge in [-0.25, -0.2) is 9.50 Å². The summed E-state index contributed by atoms with van der Waals surface area (Å²) in [5.74, 6) is 0.871. The van der Waals surface area contributed by atoms with Crippen LogP contribution in [0.25, 0.3) is 5.65 Å². The van der Waals surface area contributed by atoms with Crippen LogP contribution in [0.3, 0.4) is 0 Å². The van der Waals surface area contributed by atoms with Crippen LogP contribution in [-0.4, -0.2) is 14.6 Å². The quantitative estimate of drug-likeness (QED) is 0.721. The fourth-order valence-corrected chi connectivity index (χ4v) is 2.02. The Morgan fingerprint density at radius 2 is 1.83 bits per heavy atom. The van der Waals surface area contributed by atoms with Crippen LogP contribution in [0.5, 0.6) is 0 Å². The molecule has 0 amide bonds. The Balaban J connectivity index is 1.74. The van der Waals surface area contributed by atoms with Gasteiger partial charge in [-0.05, 0) is 36.2 Å². The molecule has 3 rings (SSSR count). The fraction of sp³-hybridized carbons (Fsp3) is 0.143. The van der Waals surface area contributed by atoms with Crippen LogP contribution in [0.2, 0.25) is 5.02 Å². The third-order valence-corrected chi connectivity index (χ3v) is 3.09. The molecule has 4 heteroatoms. The molecule has 0 aliphatic rings. The lowest BCUT2D eigenvalue weighted by molar-refractivity contribution is 0.836. The van der Waals surface area contributed by atoms with E-state index in [0.717, 1.165) is 29.3 Å². The lowest BCUT2D eigenvalue weighted by atomic mass is 10.1. The molecule has 18 heavy (non-hydrogen) atoms. The van der Waals surface area contributed by atoms with Gasteiger partial charge in [-0.15, -0.1) is 0 Å². The van der Waals surface area contributed by atoms with Gasteiger partial charge in [0, 0.05) is 17.6 Å². The predicted octanol–water partition coefficient (Wildman–Crippen LogP) is 3.17. The van der Waals surface area contributed by atoms with Crippen LogP contribution in [0.4, 0.5) is 0 Å². The van der Waals surface area contributed by atoms with E-state index in [9.17, 15) is 0 Å². The Bertz CT molecular complexity index is 625. The van der Waals surface area contributed by atoms with E-state index in [1.807, 2.05) is 48.7 Å². The van der Waals surface area contributed by atoms with Gasteiger partial charge in [0.15, 0.2) is 11.5 Å². The van der Waals surface area contributed by atoms with E-state index in [-0.39, 0.29) is 0 Å². The third kappa shape index (κ3) is 2.36. The molecule has 0 aliphatic heterocycles. The van der Waals surface area contributed by atoms with Gasteiger partial charge in [0.25, 0.3) is 0 Å². The van der Waals surface area contributed by atoms with Crippen molar-refractivity contribution < 1.29 is 0 Å². The van der Waals surface area contributed by atoms with Gasteiger partial charge in [-0.1, -0.05) is 29.8 Å². The Hall–Kier alpha value is -1.87. The lowest BCUT2D eigenvalue weighted by Gasteiger charge is -1.98. The smallest absolute Gasteiger partial charge is 0.155 e. The third-order valence-electron chi connectivity index (χ3n) is 2.84. The summed E-state index contributed by atoms with van der Waals surface area (Å²) in [5, 5.41) is 5.19. The van der Waals surface area contributed by atoms with Crippen LogP contribution in [0.1, 0.15) is 11.4 Å². The maximum absolute atomic E-state index is 5.85. The van der Waals surface area contributed by atoms with Crippen LogP contribution in [-0.2, 0) is 12.8 Å². The van der Waals surface area contributed by atoms with Gasteiger partial charge in [-0.2, -0.15) is 5.10 Å². The highest BCUT2D eigenvalue weighted by Gasteiger charge is 2.03. The van der Waals surface area contributed by atoms with Crippen molar-refractivity contribution in [3.63, 3.8) is 0 Å². The molecule has 3 nitrogen and oxygen atoms in total. The highest BCUT2D eigenvalue weighted by molar-refractivity contribution is 6.30. The summed E-state index contributed by atoms with van der Waals surface area (Å²) < 4.78 is 1.80. The number of pyridine rings is 1. The molecular weight excluding hydrogens is 246 g/mol. The average Bonchev–Trinajstić information content (AvgIpc) is 2.81. The maximum Gasteiger partial charge on any atom is 0.155 e. The zero-order valence-electron chi connectivity index (χ0n) is 9.75. The first-order chi connectivity index (χ1) is 8.81. The molecule has 0 fully saturated rings. The SMILES string of the molecule is Clc1ccc(CCc2nc3ccccn3n2)cc1. The first-order valence-corrected chi connectivity index (χ1v) is 6.24. The van der Waals surface area contributed by atoms with Crippen molar-refractivity contribution in [2.75, 3.05) is 0 Å². The zero-order valence-corrected chi connectivity index (χ0v) is 10.5. The summed E-state index contributed by atoms with van der Waals surface area (Å²) in [6.07, 6.45) is 3.67. The maximum atomic E-state index is 5.85. The minimum atomic E-state index is 0.768. The molecule has 0 saturated carbocycles. The van der Waals surface area contributed by atoms with Gasteiger partial charge >= 0.3 is 0 Å². The molecule has 0 atom stereocenters. The lowest BCUT2D eigenvalue weighted by Crippen LogP contribution is -1.94. The summed E-state index contributed by atoms with van der Waals surface area (Å²) >= 11 is 5.85.